The molecular formula is C16H23N3O2. The fourth-order valence-electron chi connectivity index (χ4n) is 1.49. The molecule has 0 spiro atoms. The summed E-state index contributed by atoms with van der Waals surface area (Å²) in [5, 5.41) is 2.66. The Morgan fingerprint density at radius 3 is 2.81 bits per heavy atom. The van der Waals surface area contributed by atoms with Crippen molar-refractivity contribution >= 4 is 11.7 Å². The second-order valence-electron chi connectivity index (χ2n) is 5.57. The molecular weight excluding hydrogens is 266 g/mol. The Morgan fingerprint density at radius 2 is 2.19 bits per heavy atom. The molecule has 0 radical (unpaired) electrons. The molecule has 0 bridgehead atoms. The Labute approximate surface area is 125 Å². The van der Waals surface area contributed by atoms with Crippen molar-refractivity contribution in [2.24, 2.45) is 0 Å². The molecule has 0 unspecified atom stereocenters. The molecule has 5 nitrogen and oxygen atoms in total. The van der Waals surface area contributed by atoms with E-state index >= 15 is 0 Å². The highest BCUT2D eigenvalue weighted by Crippen LogP contribution is 2.11. The molecule has 1 heterocycles. The van der Waals surface area contributed by atoms with Crippen molar-refractivity contribution in [3.05, 3.63) is 48.6 Å². The molecule has 0 aromatic carbocycles. The molecule has 0 aliphatic heterocycles. The summed E-state index contributed by atoms with van der Waals surface area (Å²) >= 11 is 0. The molecule has 1 aromatic heterocycles. The van der Waals surface area contributed by atoms with E-state index in [0.717, 1.165) is 11.3 Å². The zero-order valence-corrected chi connectivity index (χ0v) is 13.1. The van der Waals surface area contributed by atoms with Crippen molar-refractivity contribution in [3.8, 4) is 0 Å². The molecule has 0 aliphatic rings. The van der Waals surface area contributed by atoms with Gasteiger partial charge in [0.1, 0.15) is 11.4 Å². The maximum atomic E-state index is 11.5. The van der Waals surface area contributed by atoms with Crippen molar-refractivity contribution in [1.29, 1.82) is 0 Å². The van der Waals surface area contributed by atoms with Gasteiger partial charge in [0.15, 0.2) is 0 Å². The predicted molar refractivity (Wildman–Crippen MR) is 84.6 cm³/mol. The first kappa shape index (κ1) is 16.8. The third-order valence-corrected chi connectivity index (χ3v) is 2.45. The Bertz CT molecular complexity index is 548. The number of nitrogens with zero attached hydrogens (tertiary/aromatic N) is 1. The number of imidazole rings is 1. The van der Waals surface area contributed by atoms with Crippen LogP contribution in [0.25, 0.3) is 5.57 Å². The number of alkyl carbamates (subject to hydrolysis) is 1. The number of aromatic amines is 1. The molecule has 0 atom stereocenters. The number of amides is 1. The van der Waals surface area contributed by atoms with Gasteiger partial charge in [-0.05, 0) is 33.3 Å². The molecule has 0 aliphatic carbocycles. The van der Waals surface area contributed by atoms with Crippen LogP contribution in [-0.2, 0) is 11.3 Å². The normalized spacial score (nSPS) is 12.5. The van der Waals surface area contributed by atoms with E-state index < -0.39 is 11.7 Å². The summed E-state index contributed by atoms with van der Waals surface area (Å²) in [6, 6.07) is 0. The van der Waals surface area contributed by atoms with Crippen molar-refractivity contribution in [3.63, 3.8) is 0 Å². The van der Waals surface area contributed by atoms with Crippen LogP contribution in [0.5, 0.6) is 0 Å². The maximum absolute atomic E-state index is 11.5. The van der Waals surface area contributed by atoms with Gasteiger partial charge in [0.2, 0.25) is 0 Å². The second kappa shape index (κ2) is 7.47. The standard InChI is InChI=1S/C16H23N3O2/c1-6-7-8-9-12(2)13-10-17-14(19-13)11-18-15(20)21-16(3,4)5/h6-10H,1,11H2,2-5H3,(H,17,19)(H,18,20)/b8-7-,12-9+. The van der Waals surface area contributed by atoms with Crippen LogP contribution in [0, 0.1) is 0 Å². The first-order valence-corrected chi connectivity index (χ1v) is 6.79. The molecule has 1 amide bonds. The van der Waals surface area contributed by atoms with E-state index in [2.05, 4.69) is 21.9 Å². The number of carbonyl (C=O) groups is 1. The van der Waals surface area contributed by atoms with Gasteiger partial charge in [-0.25, -0.2) is 9.78 Å². The van der Waals surface area contributed by atoms with Crippen molar-refractivity contribution in [2.45, 2.75) is 39.8 Å². The number of rotatable bonds is 5. The van der Waals surface area contributed by atoms with Crippen LogP contribution < -0.4 is 5.32 Å². The van der Waals surface area contributed by atoms with Gasteiger partial charge in [-0.1, -0.05) is 30.9 Å². The van der Waals surface area contributed by atoms with Crippen molar-refractivity contribution < 1.29 is 9.53 Å². The molecule has 21 heavy (non-hydrogen) atoms. The highest BCUT2D eigenvalue weighted by Gasteiger charge is 2.16. The number of aromatic nitrogens is 2. The van der Waals surface area contributed by atoms with Crippen molar-refractivity contribution in [1.82, 2.24) is 15.3 Å². The van der Waals surface area contributed by atoms with E-state index in [1.807, 2.05) is 45.9 Å². The quantitative estimate of drug-likeness (QED) is 0.814. The van der Waals surface area contributed by atoms with Crippen LogP contribution in [-0.4, -0.2) is 21.7 Å². The van der Waals surface area contributed by atoms with E-state index in [1.165, 1.54) is 0 Å². The molecule has 5 heteroatoms. The van der Waals surface area contributed by atoms with Gasteiger partial charge >= 0.3 is 6.09 Å². The van der Waals surface area contributed by atoms with Gasteiger partial charge in [-0.2, -0.15) is 0 Å². The minimum absolute atomic E-state index is 0.296. The highest BCUT2D eigenvalue weighted by atomic mass is 16.6. The zero-order valence-electron chi connectivity index (χ0n) is 13.1. The lowest BCUT2D eigenvalue weighted by Gasteiger charge is -2.19. The first-order valence-electron chi connectivity index (χ1n) is 6.79. The third kappa shape index (κ3) is 6.61. The van der Waals surface area contributed by atoms with Gasteiger partial charge in [0, 0.05) is 0 Å². The lowest BCUT2D eigenvalue weighted by atomic mass is 10.2. The van der Waals surface area contributed by atoms with Crippen LogP contribution in [0.2, 0.25) is 0 Å². The minimum atomic E-state index is -0.505. The summed E-state index contributed by atoms with van der Waals surface area (Å²) in [5.41, 5.74) is 1.45. The third-order valence-electron chi connectivity index (χ3n) is 2.45. The molecule has 114 valence electrons. The zero-order chi connectivity index (χ0) is 15.9. The summed E-state index contributed by atoms with van der Waals surface area (Å²) in [5.74, 6) is 0.677. The lowest BCUT2D eigenvalue weighted by molar-refractivity contribution is 0.0522. The van der Waals surface area contributed by atoms with Gasteiger partial charge < -0.3 is 15.0 Å². The fourth-order valence-corrected chi connectivity index (χ4v) is 1.49. The van der Waals surface area contributed by atoms with Crippen LogP contribution in [0.1, 0.15) is 39.2 Å². The molecule has 2 N–H and O–H groups in total. The van der Waals surface area contributed by atoms with Gasteiger partial charge in [0.05, 0.1) is 18.4 Å². The topological polar surface area (TPSA) is 67.0 Å². The van der Waals surface area contributed by atoms with E-state index in [1.54, 1.807) is 12.3 Å². The number of allylic oxidation sites excluding steroid dienone is 5. The molecule has 0 saturated heterocycles. The Kier molecular flexibility index (Phi) is 5.96. The van der Waals surface area contributed by atoms with Crippen LogP contribution in [0.3, 0.4) is 0 Å². The average Bonchev–Trinajstić information content (AvgIpc) is 2.83. The Morgan fingerprint density at radius 1 is 1.48 bits per heavy atom. The first-order chi connectivity index (χ1) is 9.81. The summed E-state index contributed by atoms with van der Waals surface area (Å²) in [7, 11) is 0. The molecule has 1 rings (SSSR count). The Hall–Kier alpha value is -2.30. The monoisotopic (exact) mass is 289 g/mol. The lowest BCUT2D eigenvalue weighted by Crippen LogP contribution is -2.32. The van der Waals surface area contributed by atoms with E-state index in [-0.39, 0.29) is 0 Å². The SMILES string of the molecule is C=C/C=C\C=C(/C)c1cnc(CNC(=O)OC(C)(C)C)[nH]1. The molecule has 1 aromatic rings. The van der Waals surface area contributed by atoms with Gasteiger partial charge in [0.25, 0.3) is 0 Å². The Balaban J connectivity index is 2.56. The summed E-state index contributed by atoms with van der Waals surface area (Å²) in [6.07, 6.45) is 8.71. The number of hydrogen-bond acceptors (Lipinski definition) is 3. The van der Waals surface area contributed by atoms with Gasteiger partial charge in [-0.3, -0.25) is 0 Å². The van der Waals surface area contributed by atoms with E-state index in [0.29, 0.717) is 12.4 Å². The van der Waals surface area contributed by atoms with Crippen LogP contribution in [0.4, 0.5) is 4.79 Å². The van der Waals surface area contributed by atoms with Gasteiger partial charge in [-0.15, -0.1) is 0 Å². The number of carbonyl (C=O) groups excluding carboxylic acids is 1. The molecule has 0 fully saturated rings. The number of nitrogens with one attached hydrogen (secondary N) is 2. The van der Waals surface area contributed by atoms with E-state index in [4.69, 9.17) is 4.74 Å². The fraction of sp³-hybridized carbons (Fsp3) is 0.375. The average molecular weight is 289 g/mol. The maximum Gasteiger partial charge on any atom is 0.408 e. The molecule has 0 saturated carbocycles. The summed E-state index contributed by atoms with van der Waals surface area (Å²) in [4.78, 5) is 18.9. The van der Waals surface area contributed by atoms with E-state index in [9.17, 15) is 4.79 Å². The summed E-state index contributed by atoms with van der Waals surface area (Å²) in [6.45, 7) is 11.4. The minimum Gasteiger partial charge on any atom is -0.444 e. The van der Waals surface area contributed by atoms with Crippen LogP contribution >= 0.6 is 0 Å². The smallest absolute Gasteiger partial charge is 0.408 e. The number of hydrogen-bond donors (Lipinski definition) is 2. The van der Waals surface area contributed by atoms with Crippen LogP contribution in [0.15, 0.2) is 37.1 Å². The highest BCUT2D eigenvalue weighted by molar-refractivity contribution is 5.67. The predicted octanol–water partition coefficient (Wildman–Crippen LogP) is 3.58. The second-order valence-corrected chi connectivity index (χ2v) is 5.57. The summed E-state index contributed by atoms with van der Waals surface area (Å²) < 4.78 is 5.16. The van der Waals surface area contributed by atoms with Crippen molar-refractivity contribution in [2.75, 3.05) is 0 Å². The number of ether oxygens (including phenoxy) is 1. The number of H-pyrrole nitrogens is 1. The largest absolute Gasteiger partial charge is 0.444 e.